The zero-order valence-electron chi connectivity index (χ0n) is 12.5. The standard InChI is InChI=1S/C16H19N3O2S/c1-21-11-9-17-15(20)16-18-14-13(22-16)8-5-10-19(14)12-6-3-2-4-7-12/h2-4,6-7H,5,8-11H2,1H3,(H,17,20). The third kappa shape index (κ3) is 3.13. The first-order valence-corrected chi connectivity index (χ1v) is 8.20. The number of hydrogen-bond donors (Lipinski definition) is 1. The maximum Gasteiger partial charge on any atom is 0.280 e. The van der Waals surface area contributed by atoms with E-state index >= 15 is 0 Å². The van der Waals surface area contributed by atoms with E-state index < -0.39 is 0 Å². The van der Waals surface area contributed by atoms with Gasteiger partial charge in [0.05, 0.1) is 6.61 Å². The van der Waals surface area contributed by atoms with Crippen molar-refractivity contribution in [3.8, 4) is 0 Å². The fraction of sp³-hybridized carbons (Fsp3) is 0.375. The SMILES string of the molecule is COCCNC(=O)c1nc2c(s1)CCCN2c1ccccc1. The zero-order valence-corrected chi connectivity index (χ0v) is 13.4. The number of aromatic nitrogens is 1. The zero-order chi connectivity index (χ0) is 15.4. The summed E-state index contributed by atoms with van der Waals surface area (Å²) in [6.45, 7) is 1.94. The van der Waals surface area contributed by atoms with Crippen LogP contribution in [0.2, 0.25) is 0 Å². The quantitative estimate of drug-likeness (QED) is 0.861. The van der Waals surface area contributed by atoms with Crippen molar-refractivity contribution in [3.63, 3.8) is 0 Å². The number of hydrogen-bond acceptors (Lipinski definition) is 5. The number of amides is 1. The molecule has 22 heavy (non-hydrogen) atoms. The Kier molecular flexibility index (Phi) is 4.70. The topological polar surface area (TPSA) is 54.5 Å². The minimum Gasteiger partial charge on any atom is -0.383 e. The van der Waals surface area contributed by atoms with E-state index in [0.717, 1.165) is 30.9 Å². The number of thiazole rings is 1. The molecule has 5 nitrogen and oxygen atoms in total. The molecule has 0 spiro atoms. The van der Waals surface area contributed by atoms with E-state index in [2.05, 4.69) is 27.3 Å². The van der Waals surface area contributed by atoms with Crippen molar-refractivity contribution in [2.24, 2.45) is 0 Å². The van der Waals surface area contributed by atoms with Gasteiger partial charge in [0, 0.05) is 30.8 Å². The number of methoxy groups -OCH3 is 1. The van der Waals surface area contributed by atoms with Crippen LogP contribution >= 0.6 is 11.3 Å². The van der Waals surface area contributed by atoms with Crippen LogP contribution in [0.15, 0.2) is 30.3 Å². The summed E-state index contributed by atoms with van der Waals surface area (Å²) in [5, 5.41) is 3.36. The molecule has 3 rings (SSSR count). The minimum atomic E-state index is -0.121. The van der Waals surface area contributed by atoms with Gasteiger partial charge in [-0.15, -0.1) is 11.3 Å². The Bertz CT molecular complexity index is 642. The molecule has 0 aliphatic carbocycles. The van der Waals surface area contributed by atoms with Crippen LogP contribution in [0, 0.1) is 0 Å². The molecule has 2 heterocycles. The summed E-state index contributed by atoms with van der Waals surface area (Å²) in [6, 6.07) is 10.2. The second-order valence-electron chi connectivity index (χ2n) is 5.11. The van der Waals surface area contributed by atoms with E-state index in [1.54, 1.807) is 7.11 Å². The van der Waals surface area contributed by atoms with E-state index in [4.69, 9.17) is 4.74 Å². The van der Waals surface area contributed by atoms with Crippen LogP contribution in [0.4, 0.5) is 11.5 Å². The Hall–Kier alpha value is -1.92. The van der Waals surface area contributed by atoms with Gasteiger partial charge in [-0.25, -0.2) is 4.98 Å². The number of ether oxygens (including phenoxy) is 1. The molecule has 116 valence electrons. The molecule has 0 saturated heterocycles. The lowest BCUT2D eigenvalue weighted by atomic mass is 10.1. The van der Waals surface area contributed by atoms with Crippen molar-refractivity contribution in [1.29, 1.82) is 0 Å². The van der Waals surface area contributed by atoms with Crippen LogP contribution in [0.3, 0.4) is 0 Å². The third-order valence-electron chi connectivity index (χ3n) is 3.57. The van der Waals surface area contributed by atoms with Crippen LogP contribution in [-0.4, -0.2) is 37.7 Å². The average molecular weight is 317 g/mol. The molecular weight excluding hydrogens is 298 g/mol. The van der Waals surface area contributed by atoms with E-state index in [1.807, 2.05) is 18.2 Å². The molecule has 0 bridgehead atoms. The van der Waals surface area contributed by atoms with Gasteiger partial charge in [0.1, 0.15) is 5.82 Å². The van der Waals surface area contributed by atoms with Gasteiger partial charge >= 0.3 is 0 Å². The van der Waals surface area contributed by atoms with Crippen LogP contribution < -0.4 is 10.2 Å². The second-order valence-corrected chi connectivity index (χ2v) is 6.19. The molecule has 1 amide bonds. The molecule has 6 heteroatoms. The molecule has 1 aromatic carbocycles. The first-order valence-electron chi connectivity index (χ1n) is 7.39. The molecule has 0 unspecified atom stereocenters. The lowest BCUT2D eigenvalue weighted by molar-refractivity contribution is 0.0937. The first-order chi connectivity index (χ1) is 10.8. The van der Waals surface area contributed by atoms with Gasteiger partial charge in [0.25, 0.3) is 5.91 Å². The number of nitrogens with zero attached hydrogens (tertiary/aromatic N) is 2. The highest BCUT2D eigenvalue weighted by Crippen LogP contribution is 2.36. The van der Waals surface area contributed by atoms with Gasteiger partial charge in [-0.3, -0.25) is 4.79 Å². The number of carbonyl (C=O) groups excluding carboxylic acids is 1. The predicted octanol–water partition coefficient (Wildman–Crippen LogP) is 2.60. The highest BCUT2D eigenvalue weighted by molar-refractivity contribution is 7.14. The molecule has 2 aromatic rings. The van der Waals surface area contributed by atoms with Crippen LogP contribution in [-0.2, 0) is 11.2 Å². The van der Waals surface area contributed by atoms with Crippen LogP contribution in [0.5, 0.6) is 0 Å². The van der Waals surface area contributed by atoms with E-state index in [0.29, 0.717) is 18.2 Å². The number of anilines is 2. The highest BCUT2D eigenvalue weighted by atomic mass is 32.1. The van der Waals surface area contributed by atoms with Crippen LogP contribution in [0.1, 0.15) is 21.1 Å². The molecule has 0 saturated carbocycles. The van der Waals surface area contributed by atoms with Crippen molar-refractivity contribution in [3.05, 3.63) is 40.2 Å². The number of para-hydroxylation sites is 1. The van der Waals surface area contributed by atoms with E-state index in [1.165, 1.54) is 16.2 Å². The average Bonchev–Trinajstić information content (AvgIpc) is 3.00. The molecule has 1 aromatic heterocycles. The molecule has 1 N–H and O–H groups in total. The molecule has 0 radical (unpaired) electrons. The highest BCUT2D eigenvalue weighted by Gasteiger charge is 2.25. The van der Waals surface area contributed by atoms with Gasteiger partial charge < -0.3 is 15.0 Å². The number of fused-ring (bicyclic) bond motifs is 1. The summed E-state index contributed by atoms with van der Waals surface area (Å²) in [7, 11) is 1.62. The first kappa shape index (κ1) is 15.0. The fourth-order valence-corrected chi connectivity index (χ4v) is 3.54. The predicted molar refractivity (Wildman–Crippen MR) is 88.1 cm³/mol. The van der Waals surface area contributed by atoms with Gasteiger partial charge in [0.15, 0.2) is 5.01 Å². The van der Waals surface area contributed by atoms with Gasteiger partial charge in [-0.2, -0.15) is 0 Å². The Morgan fingerprint density at radius 2 is 2.23 bits per heavy atom. The number of rotatable bonds is 5. The summed E-state index contributed by atoms with van der Waals surface area (Å²) in [5.41, 5.74) is 1.13. The Morgan fingerprint density at radius 1 is 1.41 bits per heavy atom. The van der Waals surface area contributed by atoms with E-state index in [-0.39, 0.29) is 5.91 Å². The van der Waals surface area contributed by atoms with Crippen molar-refractivity contribution in [1.82, 2.24) is 10.3 Å². The van der Waals surface area contributed by atoms with Gasteiger partial charge in [-0.1, -0.05) is 18.2 Å². The Morgan fingerprint density at radius 3 is 3.00 bits per heavy atom. The molecule has 0 atom stereocenters. The van der Waals surface area contributed by atoms with Crippen molar-refractivity contribution >= 4 is 28.7 Å². The smallest absolute Gasteiger partial charge is 0.280 e. The monoisotopic (exact) mass is 317 g/mol. The second kappa shape index (κ2) is 6.89. The van der Waals surface area contributed by atoms with Crippen molar-refractivity contribution in [2.45, 2.75) is 12.8 Å². The summed E-state index contributed by atoms with van der Waals surface area (Å²) in [4.78, 5) is 20.1. The maximum atomic E-state index is 12.1. The number of benzene rings is 1. The van der Waals surface area contributed by atoms with Crippen molar-refractivity contribution < 1.29 is 9.53 Å². The van der Waals surface area contributed by atoms with Gasteiger partial charge in [0.2, 0.25) is 0 Å². The third-order valence-corrected chi connectivity index (χ3v) is 4.67. The number of aryl methyl sites for hydroxylation is 1. The fourth-order valence-electron chi connectivity index (χ4n) is 2.52. The Labute approximate surface area is 133 Å². The molecule has 1 aliphatic rings. The van der Waals surface area contributed by atoms with Gasteiger partial charge in [-0.05, 0) is 25.0 Å². The summed E-state index contributed by atoms with van der Waals surface area (Å²) in [6.07, 6.45) is 2.07. The number of nitrogens with one attached hydrogen (secondary N) is 1. The minimum absolute atomic E-state index is 0.121. The number of carbonyl (C=O) groups is 1. The Balaban J connectivity index is 1.81. The maximum absolute atomic E-state index is 12.1. The molecule has 0 fully saturated rings. The van der Waals surface area contributed by atoms with Crippen LogP contribution in [0.25, 0.3) is 0 Å². The summed E-state index contributed by atoms with van der Waals surface area (Å²) in [5.74, 6) is 0.809. The van der Waals surface area contributed by atoms with E-state index in [9.17, 15) is 4.79 Å². The van der Waals surface area contributed by atoms with Crippen molar-refractivity contribution in [2.75, 3.05) is 31.7 Å². The lowest BCUT2D eigenvalue weighted by Gasteiger charge is -2.27. The lowest BCUT2D eigenvalue weighted by Crippen LogP contribution is -2.27. The summed E-state index contributed by atoms with van der Waals surface area (Å²) < 4.78 is 4.94. The summed E-state index contributed by atoms with van der Waals surface area (Å²) >= 11 is 1.49. The molecular formula is C16H19N3O2S. The molecule has 1 aliphatic heterocycles. The normalized spacial score (nSPS) is 13.8. The largest absolute Gasteiger partial charge is 0.383 e.